The molecule has 0 N–H and O–H groups in total. The molecule has 2 atom stereocenters. The highest BCUT2D eigenvalue weighted by Crippen LogP contribution is 2.35. The number of hydrogen-bond acceptors (Lipinski definition) is 3. The second-order valence-electron chi connectivity index (χ2n) is 6.66. The Morgan fingerprint density at radius 3 is 2.67 bits per heavy atom. The summed E-state index contributed by atoms with van der Waals surface area (Å²) in [5, 5.41) is 0. The molecule has 0 radical (unpaired) electrons. The number of ether oxygens (including phenoxy) is 1. The largest absolute Gasteiger partial charge is 0.416 e. The van der Waals surface area contributed by atoms with Gasteiger partial charge >= 0.3 is 6.18 Å². The third kappa shape index (κ3) is 3.73. The summed E-state index contributed by atoms with van der Waals surface area (Å²) in [5.74, 6) is 0.738. The molecule has 1 fully saturated rings. The van der Waals surface area contributed by atoms with Gasteiger partial charge in [-0.05, 0) is 36.2 Å². The van der Waals surface area contributed by atoms with Crippen molar-refractivity contribution in [2.75, 3.05) is 13.2 Å². The topological polar surface area (TPSA) is 39.9 Å². The Morgan fingerprint density at radius 1 is 1.07 bits per heavy atom. The first-order valence-corrected chi connectivity index (χ1v) is 8.69. The predicted octanol–water partition coefficient (Wildman–Crippen LogP) is 4.39. The summed E-state index contributed by atoms with van der Waals surface area (Å²) in [4.78, 5) is 8.36. The Balaban J connectivity index is 1.63. The van der Waals surface area contributed by atoms with Crippen LogP contribution in [-0.4, -0.2) is 27.7 Å². The minimum Gasteiger partial charge on any atom is -0.379 e. The van der Waals surface area contributed by atoms with Crippen LogP contribution in [0.25, 0.3) is 11.4 Å². The van der Waals surface area contributed by atoms with E-state index in [1.807, 2.05) is 22.9 Å². The maximum Gasteiger partial charge on any atom is 0.416 e. The average Bonchev–Trinajstić information content (AvgIpc) is 3.31. The molecule has 4 nitrogen and oxygen atoms in total. The summed E-state index contributed by atoms with van der Waals surface area (Å²) in [7, 11) is 0. The van der Waals surface area contributed by atoms with Gasteiger partial charge in [-0.25, -0.2) is 4.98 Å². The van der Waals surface area contributed by atoms with Crippen LogP contribution in [-0.2, 0) is 17.3 Å². The smallest absolute Gasteiger partial charge is 0.379 e. The van der Waals surface area contributed by atoms with Crippen LogP contribution in [0.1, 0.15) is 17.2 Å². The van der Waals surface area contributed by atoms with Crippen LogP contribution in [0.2, 0.25) is 0 Å². The van der Waals surface area contributed by atoms with E-state index in [4.69, 9.17) is 4.74 Å². The fourth-order valence-electron chi connectivity index (χ4n) is 3.55. The van der Waals surface area contributed by atoms with E-state index in [0.717, 1.165) is 24.1 Å². The molecule has 140 valence electrons. The molecule has 0 unspecified atom stereocenters. The molecule has 1 aromatic carbocycles. The highest BCUT2D eigenvalue weighted by Gasteiger charge is 2.33. The van der Waals surface area contributed by atoms with Crippen molar-refractivity contribution in [1.82, 2.24) is 14.5 Å². The number of imidazole rings is 1. The van der Waals surface area contributed by atoms with E-state index in [-0.39, 0.29) is 12.0 Å². The van der Waals surface area contributed by atoms with Crippen molar-refractivity contribution in [2.24, 2.45) is 5.92 Å². The van der Waals surface area contributed by atoms with Crippen molar-refractivity contribution in [3.05, 3.63) is 72.3 Å². The van der Waals surface area contributed by atoms with Gasteiger partial charge in [-0.3, -0.25) is 4.98 Å². The second kappa shape index (κ2) is 7.15. The molecule has 3 aromatic rings. The number of hydrogen-bond donors (Lipinski definition) is 0. The third-order valence-electron chi connectivity index (χ3n) is 4.89. The molecule has 0 spiro atoms. The van der Waals surface area contributed by atoms with E-state index in [2.05, 4.69) is 9.97 Å². The van der Waals surface area contributed by atoms with E-state index in [1.54, 1.807) is 24.7 Å². The summed E-state index contributed by atoms with van der Waals surface area (Å²) in [6.45, 7) is 1.12. The lowest BCUT2D eigenvalue weighted by Crippen LogP contribution is -2.20. The van der Waals surface area contributed by atoms with Crippen LogP contribution in [0, 0.1) is 5.92 Å². The van der Waals surface area contributed by atoms with Gasteiger partial charge in [0, 0.05) is 36.3 Å². The minimum atomic E-state index is -4.38. The monoisotopic (exact) mass is 373 g/mol. The zero-order chi connectivity index (χ0) is 18.9. The maximum atomic E-state index is 13.1. The van der Waals surface area contributed by atoms with Gasteiger partial charge in [0.15, 0.2) is 0 Å². The highest BCUT2D eigenvalue weighted by atomic mass is 19.4. The number of halogens is 3. The van der Waals surface area contributed by atoms with Crippen molar-refractivity contribution in [3.63, 3.8) is 0 Å². The number of aromatic nitrogens is 3. The van der Waals surface area contributed by atoms with Crippen molar-refractivity contribution >= 4 is 0 Å². The molecule has 1 aliphatic rings. The van der Waals surface area contributed by atoms with Crippen molar-refractivity contribution in [3.8, 4) is 11.4 Å². The van der Waals surface area contributed by atoms with Crippen LogP contribution in [0.15, 0.2) is 61.2 Å². The van der Waals surface area contributed by atoms with Crippen LogP contribution in [0.3, 0.4) is 0 Å². The molecular weight excluding hydrogens is 355 g/mol. The zero-order valence-corrected chi connectivity index (χ0v) is 14.4. The average molecular weight is 373 g/mol. The fraction of sp³-hybridized carbons (Fsp3) is 0.300. The molecule has 4 rings (SSSR count). The van der Waals surface area contributed by atoms with E-state index >= 15 is 0 Å². The summed E-state index contributed by atoms with van der Waals surface area (Å²) in [6.07, 6.45) is 3.38. The van der Waals surface area contributed by atoms with Gasteiger partial charge in [0.05, 0.1) is 24.8 Å². The van der Waals surface area contributed by atoms with Crippen molar-refractivity contribution in [2.45, 2.75) is 18.6 Å². The summed E-state index contributed by atoms with van der Waals surface area (Å²) in [5.41, 5.74) is 0.932. The standard InChI is InChI=1S/C20H18F3N3O/c21-20(22,23)17-3-1-2-15(11-17)19-25-8-9-26(19)18-13-27-12-16(18)10-14-4-6-24-7-5-14/h1-9,11,16,18H,10,12-13H2/t16-,18+/m0/s1. The second-order valence-corrected chi connectivity index (χ2v) is 6.66. The van der Waals surface area contributed by atoms with Crippen LogP contribution < -0.4 is 0 Å². The lowest BCUT2D eigenvalue weighted by Gasteiger charge is -2.21. The molecule has 1 saturated heterocycles. The molecular formula is C20H18F3N3O. The number of rotatable bonds is 4. The van der Waals surface area contributed by atoms with Gasteiger partial charge in [0.25, 0.3) is 0 Å². The normalized spacial score (nSPS) is 20.1. The maximum absolute atomic E-state index is 13.1. The molecule has 7 heteroatoms. The summed E-state index contributed by atoms with van der Waals surface area (Å²) < 4.78 is 46.8. The van der Waals surface area contributed by atoms with E-state index in [0.29, 0.717) is 24.6 Å². The Bertz CT molecular complexity index is 908. The Morgan fingerprint density at radius 2 is 1.89 bits per heavy atom. The van der Waals surface area contributed by atoms with Gasteiger partial charge in [-0.2, -0.15) is 13.2 Å². The quantitative estimate of drug-likeness (QED) is 0.681. The van der Waals surface area contributed by atoms with Crippen LogP contribution in [0.5, 0.6) is 0 Å². The minimum absolute atomic E-state index is 0.0187. The Hall–Kier alpha value is -2.67. The molecule has 2 aromatic heterocycles. The Kier molecular flexibility index (Phi) is 4.70. The first-order valence-electron chi connectivity index (χ1n) is 8.69. The van der Waals surface area contributed by atoms with Gasteiger partial charge in [0.2, 0.25) is 0 Å². The molecule has 0 aliphatic carbocycles. The van der Waals surface area contributed by atoms with Crippen LogP contribution in [0.4, 0.5) is 13.2 Å². The summed E-state index contributed by atoms with van der Waals surface area (Å²) in [6, 6.07) is 9.24. The van der Waals surface area contributed by atoms with Gasteiger partial charge in [-0.1, -0.05) is 12.1 Å². The zero-order valence-electron chi connectivity index (χ0n) is 14.4. The number of pyridine rings is 1. The first kappa shape index (κ1) is 17.7. The molecule has 0 bridgehead atoms. The highest BCUT2D eigenvalue weighted by molar-refractivity contribution is 5.57. The third-order valence-corrected chi connectivity index (χ3v) is 4.89. The van der Waals surface area contributed by atoms with E-state index in [9.17, 15) is 13.2 Å². The van der Waals surface area contributed by atoms with E-state index in [1.165, 1.54) is 6.07 Å². The Labute approximate surface area is 154 Å². The molecule has 0 amide bonds. The van der Waals surface area contributed by atoms with Crippen LogP contribution >= 0.6 is 0 Å². The predicted molar refractivity (Wildman–Crippen MR) is 94.0 cm³/mol. The number of nitrogens with zero attached hydrogens (tertiary/aromatic N) is 3. The molecule has 3 heterocycles. The first-order chi connectivity index (χ1) is 13.0. The van der Waals surface area contributed by atoms with Gasteiger partial charge in [-0.15, -0.1) is 0 Å². The lowest BCUT2D eigenvalue weighted by molar-refractivity contribution is -0.137. The van der Waals surface area contributed by atoms with E-state index < -0.39 is 11.7 Å². The molecule has 1 aliphatic heterocycles. The van der Waals surface area contributed by atoms with Crippen molar-refractivity contribution < 1.29 is 17.9 Å². The van der Waals surface area contributed by atoms with Crippen molar-refractivity contribution in [1.29, 1.82) is 0 Å². The van der Waals surface area contributed by atoms with Gasteiger partial charge in [0.1, 0.15) is 5.82 Å². The number of benzene rings is 1. The number of alkyl halides is 3. The molecule has 27 heavy (non-hydrogen) atoms. The fourth-order valence-corrected chi connectivity index (χ4v) is 3.55. The summed E-state index contributed by atoms with van der Waals surface area (Å²) >= 11 is 0. The molecule has 0 saturated carbocycles. The lowest BCUT2D eigenvalue weighted by atomic mass is 9.95. The SMILES string of the molecule is FC(F)(F)c1cccc(-c2nccn2[C@@H]2COC[C@@H]2Cc2ccncc2)c1. The van der Waals surface area contributed by atoms with Gasteiger partial charge < -0.3 is 9.30 Å².